The van der Waals surface area contributed by atoms with Crippen LogP contribution in [0.15, 0.2) is 28.3 Å². The molecule has 2 aromatic rings. The Labute approximate surface area is 93.0 Å². The van der Waals surface area contributed by atoms with Gasteiger partial charge in [0.25, 0.3) is 0 Å². The Bertz CT molecular complexity index is 469. The zero-order chi connectivity index (χ0) is 9.97. The van der Waals surface area contributed by atoms with Gasteiger partial charge >= 0.3 is 0 Å². The normalized spacial score (nSPS) is 10.1. The molecule has 0 unspecified atom stereocenters. The number of aromatic nitrogens is 2. The van der Waals surface area contributed by atoms with Crippen LogP contribution in [-0.4, -0.2) is 16.3 Å². The van der Waals surface area contributed by atoms with Gasteiger partial charge in [-0.05, 0) is 22.0 Å². The van der Waals surface area contributed by atoms with Gasteiger partial charge in [0, 0.05) is 27.8 Å². The SMILES string of the molecule is O=Cc1csc(-c2cncc(Br)c2)n1. The van der Waals surface area contributed by atoms with Gasteiger partial charge in [0.15, 0.2) is 6.29 Å². The smallest absolute Gasteiger partial charge is 0.169 e. The van der Waals surface area contributed by atoms with Crippen LogP contribution in [0, 0.1) is 0 Å². The minimum absolute atomic E-state index is 0.463. The summed E-state index contributed by atoms with van der Waals surface area (Å²) in [6.07, 6.45) is 4.17. The van der Waals surface area contributed by atoms with Gasteiger partial charge in [-0.25, -0.2) is 4.98 Å². The van der Waals surface area contributed by atoms with E-state index in [2.05, 4.69) is 25.9 Å². The van der Waals surface area contributed by atoms with E-state index in [0.717, 1.165) is 21.3 Å². The summed E-state index contributed by atoms with van der Waals surface area (Å²) in [5, 5.41) is 2.53. The summed E-state index contributed by atoms with van der Waals surface area (Å²) >= 11 is 4.76. The van der Waals surface area contributed by atoms with E-state index in [1.807, 2.05) is 6.07 Å². The molecule has 0 aromatic carbocycles. The molecule has 0 amide bonds. The maximum Gasteiger partial charge on any atom is 0.169 e. The van der Waals surface area contributed by atoms with Crippen molar-refractivity contribution in [1.29, 1.82) is 0 Å². The third-order valence-corrected chi connectivity index (χ3v) is 2.94. The molecular weight excluding hydrogens is 264 g/mol. The van der Waals surface area contributed by atoms with E-state index in [-0.39, 0.29) is 0 Å². The summed E-state index contributed by atoms with van der Waals surface area (Å²) < 4.78 is 0.901. The van der Waals surface area contributed by atoms with E-state index in [9.17, 15) is 4.79 Å². The third kappa shape index (κ3) is 1.88. The second kappa shape index (κ2) is 3.98. The molecule has 0 spiro atoms. The molecule has 2 heterocycles. The average molecular weight is 269 g/mol. The minimum atomic E-state index is 0.463. The molecule has 0 aliphatic rings. The van der Waals surface area contributed by atoms with Crippen molar-refractivity contribution in [1.82, 2.24) is 9.97 Å². The van der Waals surface area contributed by atoms with Crippen LogP contribution in [-0.2, 0) is 0 Å². The highest BCUT2D eigenvalue weighted by atomic mass is 79.9. The summed E-state index contributed by atoms with van der Waals surface area (Å²) in [5.41, 5.74) is 1.38. The number of nitrogens with zero attached hydrogens (tertiary/aromatic N) is 2. The van der Waals surface area contributed by atoms with Gasteiger partial charge in [-0.1, -0.05) is 0 Å². The Kier molecular flexibility index (Phi) is 2.69. The fourth-order valence-corrected chi connectivity index (χ4v) is 2.11. The number of hydrogen-bond donors (Lipinski definition) is 0. The molecule has 2 rings (SSSR count). The number of carbonyl (C=O) groups is 1. The van der Waals surface area contributed by atoms with E-state index < -0.39 is 0 Å². The minimum Gasteiger partial charge on any atom is -0.296 e. The largest absolute Gasteiger partial charge is 0.296 e. The number of aldehydes is 1. The summed E-state index contributed by atoms with van der Waals surface area (Å²) in [6, 6.07) is 1.92. The van der Waals surface area contributed by atoms with E-state index >= 15 is 0 Å². The highest BCUT2D eigenvalue weighted by Crippen LogP contribution is 2.24. The van der Waals surface area contributed by atoms with Crippen molar-refractivity contribution in [2.75, 3.05) is 0 Å². The first-order chi connectivity index (χ1) is 6.79. The topological polar surface area (TPSA) is 42.9 Å². The molecule has 2 aromatic heterocycles. The van der Waals surface area contributed by atoms with Crippen LogP contribution in [0.25, 0.3) is 10.6 Å². The molecule has 0 fully saturated rings. The monoisotopic (exact) mass is 268 g/mol. The van der Waals surface area contributed by atoms with Crippen LogP contribution >= 0.6 is 27.3 Å². The molecule has 3 nitrogen and oxygen atoms in total. The van der Waals surface area contributed by atoms with Crippen molar-refractivity contribution in [3.8, 4) is 10.6 Å². The lowest BCUT2D eigenvalue weighted by Crippen LogP contribution is -1.81. The van der Waals surface area contributed by atoms with Gasteiger partial charge in [0.1, 0.15) is 10.7 Å². The Hall–Kier alpha value is -1.07. The molecule has 0 aliphatic heterocycles. The maximum absolute atomic E-state index is 10.4. The molecule has 14 heavy (non-hydrogen) atoms. The number of carbonyl (C=O) groups excluding carboxylic acids is 1. The first kappa shape index (κ1) is 9.48. The van der Waals surface area contributed by atoms with Gasteiger partial charge in [0.2, 0.25) is 0 Å². The Morgan fingerprint density at radius 3 is 2.93 bits per heavy atom. The fraction of sp³-hybridized carbons (Fsp3) is 0. The van der Waals surface area contributed by atoms with Gasteiger partial charge in [-0.15, -0.1) is 11.3 Å². The highest BCUT2D eigenvalue weighted by Gasteiger charge is 2.04. The van der Waals surface area contributed by atoms with Crippen LogP contribution in [0.2, 0.25) is 0 Å². The lowest BCUT2D eigenvalue weighted by atomic mass is 10.3. The highest BCUT2D eigenvalue weighted by molar-refractivity contribution is 9.10. The van der Waals surface area contributed by atoms with Gasteiger partial charge in [0.05, 0.1) is 0 Å². The van der Waals surface area contributed by atoms with Crippen molar-refractivity contribution in [2.24, 2.45) is 0 Å². The Morgan fingerprint density at radius 2 is 2.29 bits per heavy atom. The first-order valence-corrected chi connectivity index (χ1v) is 5.48. The van der Waals surface area contributed by atoms with Crippen LogP contribution in [0.3, 0.4) is 0 Å². The zero-order valence-electron chi connectivity index (χ0n) is 6.98. The summed E-state index contributed by atoms with van der Waals surface area (Å²) in [4.78, 5) is 18.6. The van der Waals surface area contributed by atoms with Gasteiger partial charge in [-0.3, -0.25) is 9.78 Å². The van der Waals surface area contributed by atoms with E-state index in [1.54, 1.807) is 17.8 Å². The number of pyridine rings is 1. The molecule has 0 saturated heterocycles. The van der Waals surface area contributed by atoms with Crippen molar-refractivity contribution in [3.63, 3.8) is 0 Å². The van der Waals surface area contributed by atoms with E-state index in [4.69, 9.17) is 0 Å². The average Bonchev–Trinajstić information content (AvgIpc) is 2.66. The number of rotatable bonds is 2. The van der Waals surface area contributed by atoms with Gasteiger partial charge in [-0.2, -0.15) is 0 Å². The predicted molar refractivity (Wildman–Crippen MR) is 58.4 cm³/mol. The van der Waals surface area contributed by atoms with Crippen LogP contribution in [0.1, 0.15) is 10.5 Å². The number of thiazole rings is 1. The maximum atomic E-state index is 10.4. The second-order valence-corrected chi connectivity index (χ2v) is 4.36. The van der Waals surface area contributed by atoms with Crippen LogP contribution < -0.4 is 0 Å². The molecular formula is C9H5BrN2OS. The van der Waals surface area contributed by atoms with Gasteiger partial charge < -0.3 is 0 Å². The molecule has 70 valence electrons. The lowest BCUT2D eigenvalue weighted by Gasteiger charge is -1.94. The summed E-state index contributed by atoms with van der Waals surface area (Å²) in [5.74, 6) is 0. The second-order valence-electron chi connectivity index (χ2n) is 2.59. The molecule has 0 N–H and O–H groups in total. The number of hydrogen-bond acceptors (Lipinski definition) is 4. The van der Waals surface area contributed by atoms with Crippen molar-refractivity contribution in [2.45, 2.75) is 0 Å². The molecule has 0 atom stereocenters. The third-order valence-electron chi connectivity index (χ3n) is 1.59. The Balaban J connectivity index is 2.43. The number of halogens is 1. The lowest BCUT2D eigenvalue weighted by molar-refractivity contribution is 0.111. The van der Waals surface area contributed by atoms with E-state index in [1.165, 1.54) is 11.3 Å². The zero-order valence-corrected chi connectivity index (χ0v) is 9.38. The fourth-order valence-electron chi connectivity index (χ4n) is 1.00. The van der Waals surface area contributed by atoms with Crippen molar-refractivity contribution >= 4 is 33.6 Å². The molecule has 0 aliphatic carbocycles. The standard InChI is InChI=1S/C9H5BrN2OS/c10-7-1-6(2-11-3-7)9-12-8(4-13)5-14-9/h1-5H. The molecule has 0 radical (unpaired) electrons. The first-order valence-electron chi connectivity index (χ1n) is 3.81. The van der Waals surface area contributed by atoms with E-state index in [0.29, 0.717) is 5.69 Å². The summed E-state index contributed by atoms with van der Waals surface area (Å²) in [6.45, 7) is 0. The molecule has 0 bridgehead atoms. The van der Waals surface area contributed by atoms with Crippen LogP contribution in [0.4, 0.5) is 0 Å². The quantitative estimate of drug-likeness (QED) is 0.787. The van der Waals surface area contributed by atoms with Crippen molar-refractivity contribution in [3.05, 3.63) is 34.0 Å². The predicted octanol–water partition coefficient (Wildman–Crippen LogP) is 2.78. The molecule has 0 saturated carbocycles. The summed E-state index contributed by atoms with van der Waals surface area (Å²) in [7, 11) is 0. The molecule has 5 heteroatoms. The van der Waals surface area contributed by atoms with Crippen LogP contribution in [0.5, 0.6) is 0 Å². The van der Waals surface area contributed by atoms with Crippen molar-refractivity contribution < 1.29 is 4.79 Å². The Morgan fingerprint density at radius 1 is 1.43 bits per heavy atom.